The molecule has 2 aromatic heterocycles. The normalized spacial score (nSPS) is 21.5. The lowest BCUT2D eigenvalue weighted by Crippen LogP contribution is -2.47. The summed E-state index contributed by atoms with van der Waals surface area (Å²) in [6.45, 7) is 5.90. The van der Waals surface area contributed by atoms with E-state index < -0.39 is 6.43 Å². The van der Waals surface area contributed by atoms with E-state index in [2.05, 4.69) is 32.5 Å². The van der Waals surface area contributed by atoms with Crippen molar-refractivity contribution < 1.29 is 23.1 Å². The number of ether oxygens (including phenoxy) is 1. The van der Waals surface area contributed by atoms with E-state index in [0.717, 1.165) is 32.1 Å². The van der Waals surface area contributed by atoms with Crippen molar-refractivity contribution in [3.8, 4) is 17.0 Å². The second-order valence-corrected chi connectivity index (χ2v) is 10.6. The fourth-order valence-electron chi connectivity index (χ4n) is 5.36. The molecule has 0 saturated heterocycles. The molecule has 3 aromatic rings. The molecule has 2 fully saturated rings. The number of aromatic amines is 1. The summed E-state index contributed by atoms with van der Waals surface area (Å²) in [5.74, 6) is 0.851. The number of H-pyrrole nitrogens is 1. The van der Waals surface area contributed by atoms with Crippen LogP contribution in [-0.4, -0.2) is 45.5 Å². The predicted molar refractivity (Wildman–Crippen MR) is 139 cm³/mol. The first kappa shape index (κ1) is 26.1. The van der Waals surface area contributed by atoms with Crippen LogP contribution in [0.4, 0.5) is 8.78 Å². The third-order valence-electron chi connectivity index (χ3n) is 7.57. The van der Waals surface area contributed by atoms with Gasteiger partial charge in [-0.3, -0.25) is 9.59 Å². The average molecular weight is 526 g/mol. The smallest absolute Gasteiger partial charge is 0.263 e. The van der Waals surface area contributed by atoms with E-state index in [1.807, 2.05) is 0 Å². The van der Waals surface area contributed by atoms with Crippen LogP contribution in [0.5, 0.6) is 5.75 Å². The van der Waals surface area contributed by atoms with Gasteiger partial charge in [-0.1, -0.05) is 6.92 Å². The van der Waals surface area contributed by atoms with E-state index in [-0.39, 0.29) is 35.4 Å². The van der Waals surface area contributed by atoms with E-state index in [1.165, 1.54) is 25.4 Å². The first-order chi connectivity index (χ1) is 18.2. The molecule has 3 atom stereocenters. The second-order valence-electron chi connectivity index (χ2n) is 10.6. The van der Waals surface area contributed by atoms with Gasteiger partial charge in [0.25, 0.3) is 12.3 Å². The molecule has 2 amide bonds. The average Bonchev–Trinajstić information content (AvgIpc) is 3.63. The van der Waals surface area contributed by atoms with Crippen molar-refractivity contribution in [3.63, 3.8) is 0 Å². The first-order valence-electron chi connectivity index (χ1n) is 13.2. The Morgan fingerprint density at radius 2 is 1.95 bits per heavy atom. The van der Waals surface area contributed by atoms with Crippen molar-refractivity contribution >= 4 is 22.8 Å². The molecule has 10 heteroatoms. The van der Waals surface area contributed by atoms with Gasteiger partial charge in [0.2, 0.25) is 5.91 Å². The maximum atomic E-state index is 13.6. The first-order valence-corrected chi connectivity index (χ1v) is 13.2. The highest BCUT2D eigenvalue weighted by Crippen LogP contribution is 2.38. The Bertz CT molecular complexity index is 1350. The van der Waals surface area contributed by atoms with Gasteiger partial charge < -0.3 is 20.4 Å². The van der Waals surface area contributed by atoms with Crippen LogP contribution >= 0.6 is 0 Å². The van der Waals surface area contributed by atoms with Gasteiger partial charge in [0.05, 0.1) is 17.7 Å². The molecule has 2 aliphatic carbocycles. The number of fused-ring (bicyclic) bond motifs is 1. The molecule has 0 bridgehead atoms. The zero-order valence-corrected chi connectivity index (χ0v) is 21.8. The van der Waals surface area contributed by atoms with Gasteiger partial charge in [-0.15, -0.1) is 0 Å². The molecule has 2 heterocycles. The van der Waals surface area contributed by atoms with Crippen LogP contribution in [0.25, 0.3) is 22.3 Å². The third kappa shape index (κ3) is 5.49. The highest BCUT2D eigenvalue weighted by atomic mass is 19.3. The minimum absolute atomic E-state index is 0.0386. The Morgan fingerprint density at radius 1 is 1.16 bits per heavy atom. The van der Waals surface area contributed by atoms with Gasteiger partial charge >= 0.3 is 0 Å². The van der Waals surface area contributed by atoms with Crippen LogP contribution in [0, 0.1) is 18.8 Å². The number of carbonyl (C=O) groups excluding carboxylic acids is 2. The third-order valence-corrected chi connectivity index (χ3v) is 7.57. The Hall–Kier alpha value is -3.56. The predicted octanol–water partition coefficient (Wildman–Crippen LogP) is 5.08. The van der Waals surface area contributed by atoms with Gasteiger partial charge in [0.15, 0.2) is 0 Å². The topological polar surface area (TPSA) is 109 Å². The maximum Gasteiger partial charge on any atom is 0.263 e. The van der Waals surface area contributed by atoms with Crippen molar-refractivity contribution in [1.82, 2.24) is 25.6 Å². The number of benzene rings is 1. The van der Waals surface area contributed by atoms with Crippen LogP contribution in [-0.2, 0) is 4.79 Å². The quantitative estimate of drug-likeness (QED) is 0.380. The molecule has 202 valence electrons. The number of halogens is 2. The molecule has 8 nitrogen and oxygen atoms in total. The van der Waals surface area contributed by atoms with E-state index in [1.54, 1.807) is 13.0 Å². The lowest BCUT2D eigenvalue weighted by molar-refractivity contribution is -0.120. The standard InChI is InChI=1S/C28H33F2N5O3/c1-14-10-19(34-16(3)36)7-8-21(14)35-28(37)23-15(2)33-26-24(31-13-32-25(23)26)20-11-18(27(29)30)6-9-22(20)38-12-17-4-5-17/h6,9,11,13-14,17,19,21,27,33H,4-5,7-8,10,12H2,1-3H3,(H,34,36)(H,35,37)/t14-,19+,21+/m1/s1. The molecule has 1 aromatic carbocycles. The fourth-order valence-corrected chi connectivity index (χ4v) is 5.36. The van der Waals surface area contributed by atoms with Gasteiger partial charge in [-0.25, -0.2) is 18.7 Å². The van der Waals surface area contributed by atoms with E-state index >= 15 is 0 Å². The van der Waals surface area contributed by atoms with Crippen LogP contribution in [0.2, 0.25) is 0 Å². The highest BCUT2D eigenvalue weighted by Gasteiger charge is 2.31. The summed E-state index contributed by atoms with van der Waals surface area (Å²) >= 11 is 0. The highest BCUT2D eigenvalue weighted by molar-refractivity contribution is 6.09. The molecular weight excluding hydrogens is 492 g/mol. The zero-order chi connectivity index (χ0) is 27.0. The zero-order valence-electron chi connectivity index (χ0n) is 21.8. The second kappa shape index (κ2) is 10.7. The molecule has 2 aliphatic rings. The van der Waals surface area contributed by atoms with Crippen molar-refractivity contribution in [2.24, 2.45) is 11.8 Å². The van der Waals surface area contributed by atoms with Crippen molar-refractivity contribution in [2.45, 2.75) is 71.4 Å². The molecule has 0 radical (unpaired) electrons. The summed E-state index contributed by atoms with van der Waals surface area (Å²) in [5, 5.41) is 6.13. The van der Waals surface area contributed by atoms with Gasteiger partial charge in [-0.05, 0) is 69.1 Å². The molecule has 0 aliphatic heterocycles. The number of nitrogens with one attached hydrogen (secondary N) is 3. The number of hydrogen-bond donors (Lipinski definition) is 3. The van der Waals surface area contributed by atoms with Crippen molar-refractivity contribution in [3.05, 3.63) is 41.3 Å². The minimum atomic E-state index is -2.64. The van der Waals surface area contributed by atoms with E-state index in [9.17, 15) is 18.4 Å². The Balaban J connectivity index is 1.44. The number of hydrogen-bond acceptors (Lipinski definition) is 5. The number of nitrogens with zero attached hydrogens (tertiary/aromatic N) is 2. The summed E-state index contributed by atoms with van der Waals surface area (Å²) in [6.07, 6.45) is 3.24. The van der Waals surface area contributed by atoms with Crippen LogP contribution in [0.3, 0.4) is 0 Å². The van der Waals surface area contributed by atoms with Crippen molar-refractivity contribution in [1.29, 1.82) is 0 Å². The monoisotopic (exact) mass is 525 g/mol. The number of alkyl halides is 2. The summed E-state index contributed by atoms with van der Waals surface area (Å²) < 4.78 is 33.2. The molecule has 5 rings (SSSR count). The molecular formula is C28H33F2N5O3. The molecule has 38 heavy (non-hydrogen) atoms. The maximum absolute atomic E-state index is 13.6. The summed E-state index contributed by atoms with van der Waals surface area (Å²) in [6, 6.07) is 4.41. The van der Waals surface area contributed by atoms with Crippen LogP contribution in [0.1, 0.15) is 74.0 Å². The van der Waals surface area contributed by atoms with Gasteiger partial charge in [0, 0.05) is 35.8 Å². The van der Waals surface area contributed by atoms with Crippen LogP contribution in [0.15, 0.2) is 24.5 Å². The largest absolute Gasteiger partial charge is 0.493 e. The SMILES string of the molecule is CC(=O)N[C@H]1CC[C@H](NC(=O)c2c(C)[nH]c3c(-c4cc(C(F)F)ccc4OCC4CC4)ncnc23)[C@H](C)C1. The summed E-state index contributed by atoms with van der Waals surface area (Å²) in [5.41, 5.74) is 2.68. The minimum Gasteiger partial charge on any atom is -0.493 e. The fraction of sp³-hybridized carbons (Fsp3) is 0.500. The number of carbonyl (C=O) groups is 2. The van der Waals surface area contributed by atoms with E-state index in [0.29, 0.717) is 51.8 Å². The molecule has 0 spiro atoms. The lowest BCUT2D eigenvalue weighted by atomic mass is 9.82. The molecule has 2 saturated carbocycles. The Morgan fingerprint density at radius 3 is 2.63 bits per heavy atom. The van der Waals surface area contributed by atoms with Crippen molar-refractivity contribution in [2.75, 3.05) is 6.61 Å². The summed E-state index contributed by atoms with van der Waals surface area (Å²) in [7, 11) is 0. The van der Waals surface area contributed by atoms with Gasteiger partial charge in [0.1, 0.15) is 23.3 Å². The molecule has 0 unspecified atom stereocenters. The Kier molecular flexibility index (Phi) is 7.32. The van der Waals surface area contributed by atoms with E-state index in [4.69, 9.17) is 4.74 Å². The number of rotatable bonds is 8. The lowest BCUT2D eigenvalue weighted by Gasteiger charge is -2.34. The van der Waals surface area contributed by atoms with Gasteiger partial charge in [-0.2, -0.15) is 0 Å². The summed E-state index contributed by atoms with van der Waals surface area (Å²) in [4.78, 5) is 36.9. The number of aryl methyl sites for hydroxylation is 1. The van der Waals surface area contributed by atoms with Crippen LogP contribution < -0.4 is 15.4 Å². The number of aromatic nitrogens is 3. The molecule has 3 N–H and O–H groups in total. The number of amides is 2. The Labute approximate surface area is 220 Å².